The van der Waals surface area contributed by atoms with Crippen LogP contribution in [-0.4, -0.2) is 18.0 Å². The highest BCUT2D eigenvalue weighted by molar-refractivity contribution is 6.83. The van der Waals surface area contributed by atoms with Gasteiger partial charge in [0.1, 0.15) is 8.07 Å². The van der Waals surface area contributed by atoms with E-state index in [9.17, 15) is 4.79 Å². The van der Waals surface area contributed by atoms with Gasteiger partial charge in [0.2, 0.25) is 0 Å². The number of hydrogen-bond donors (Lipinski definition) is 1. The van der Waals surface area contributed by atoms with E-state index >= 15 is 0 Å². The van der Waals surface area contributed by atoms with Crippen molar-refractivity contribution in [1.82, 2.24) is 9.97 Å². The van der Waals surface area contributed by atoms with E-state index in [4.69, 9.17) is 0 Å². The minimum Gasteiger partial charge on any atom is -0.313 e. The summed E-state index contributed by atoms with van der Waals surface area (Å²) in [6, 6.07) is 5.50. The topological polar surface area (TPSA) is 45.8 Å². The van der Waals surface area contributed by atoms with E-state index in [1.54, 1.807) is 6.07 Å². The fourth-order valence-electron chi connectivity index (χ4n) is 1.41. The van der Waals surface area contributed by atoms with Crippen molar-refractivity contribution in [3.05, 3.63) is 40.4 Å². The van der Waals surface area contributed by atoms with Crippen LogP contribution in [0.4, 0.5) is 0 Å². The van der Waals surface area contributed by atoms with Crippen LogP contribution in [0.1, 0.15) is 5.56 Å². The molecule has 2 rings (SSSR count). The van der Waals surface area contributed by atoms with Crippen molar-refractivity contribution in [2.45, 2.75) is 19.6 Å². The van der Waals surface area contributed by atoms with Crippen molar-refractivity contribution < 1.29 is 0 Å². The largest absolute Gasteiger partial charge is 0.313 e. The summed E-state index contributed by atoms with van der Waals surface area (Å²) in [7, 11) is -1.37. The van der Waals surface area contributed by atoms with Gasteiger partial charge in [-0.2, -0.15) is 0 Å². The standard InChI is InChI=1S/C13H14N2OSi/c1-17(2,3)7-6-10-4-5-11-12(8-10)14-9-15-13(11)16/h4-5,8-9H,1-3H3,(H,14,15,16). The van der Waals surface area contributed by atoms with Crippen LogP contribution in [0.3, 0.4) is 0 Å². The molecule has 4 heteroatoms. The van der Waals surface area contributed by atoms with Crippen LogP contribution >= 0.6 is 0 Å². The Hall–Kier alpha value is -1.86. The fourth-order valence-corrected chi connectivity index (χ4v) is 1.93. The smallest absolute Gasteiger partial charge is 0.258 e. The molecule has 1 N–H and O–H groups in total. The zero-order chi connectivity index (χ0) is 12.5. The normalized spacial score (nSPS) is 11.0. The van der Waals surface area contributed by atoms with Gasteiger partial charge in [0.15, 0.2) is 0 Å². The monoisotopic (exact) mass is 242 g/mol. The van der Waals surface area contributed by atoms with Crippen LogP contribution < -0.4 is 5.56 Å². The maximum Gasteiger partial charge on any atom is 0.258 e. The Kier molecular flexibility index (Phi) is 2.86. The van der Waals surface area contributed by atoms with Crippen molar-refractivity contribution in [3.8, 4) is 11.5 Å². The Balaban J connectivity index is 2.52. The lowest BCUT2D eigenvalue weighted by molar-refractivity contribution is 1.17. The summed E-state index contributed by atoms with van der Waals surface area (Å²) in [4.78, 5) is 18.2. The molecular formula is C13H14N2OSi. The first-order chi connectivity index (χ1) is 7.96. The molecule has 0 atom stereocenters. The third-order valence-corrected chi connectivity index (χ3v) is 3.10. The van der Waals surface area contributed by atoms with Crippen LogP contribution in [0.15, 0.2) is 29.3 Å². The molecule has 0 aliphatic heterocycles. The Morgan fingerprint density at radius 3 is 2.76 bits per heavy atom. The zero-order valence-corrected chi connectivity index (χ0v) is 11.2. The first kappa shape index (κ1) is 11.6. The van der Waals surface area contributed by atoms with Gasteiger partial charge in [-0.05, 0) is 18.2 Å². The van der Waals surface area contributed by atoms with E-state index in [2.05, 4.69) is 41.1 Å². The summed E-state index contributed by atoms with van der Waals surface area (Å²) in [5.74, 6) is 3.16. The number of fused-ring (bicyclic) bond motifs is 1. The van der Waals surface area contributed by atoms with Crippen LogP contribution in [0.25, 0.3) is 10.9 Å². The van der Waals surface area contributed by atoms with Crippen LogP contribution in [-0.2, 0) is 0 Å². The van der Waals surface area contributed by atoms with Crippen LogP contribution in [0.5, 0.6) is 0 Å². The lowest BCUT2D eigenvalue weighted by Crippen LogP contribution is -2.16. The summed E-state index contributed by atoms with van der Waals surface area (Å²) >= 11 is 0. The maximum absolute atomic E-state index is 11.5. The number of aromatic amines is 1. The fraction of sp³-hybridized carbons (Fsp3) is 0.231. The predicted molar refractivity (Wildman–Crippen MR) is 72.6 cm³/mol. The van der Waals surface area contributed by atoms with Crippen molar-refractivity contribution in [3.63, 3.8) is 0 Å². The molecule has 2 aromatic rings. The molecule has 0 fully saturated rings. The summed E-state index contributed by atoms with van der Waals surface area (Å²) in [6.07, 6.45) is 1.42. The summed E-state index contributed by atoms with van der Waals surface area (Å²) in [5.41, 5.74) is 4.79. The van der Waals surface area contributed by atoms with E-state index in [1.807, 2.05) is 12.1 Å². The highest BCUT2D eigenvalue weighted by Crippen LogP contribution is 2.08. The number of H-pyrrole nitrogens is 1. The quantitative estimate of drug-likeness (QED) is 0.568. The lowest BCUT2D eigenvalue weighted by atomic mass is 10.1. The van der Waals surface area contributed by atoms with Gasteiger partial charge in [-0.15, -0.1) is 5.54 Å². The van der Waals surface area contributed by atoms with Gasteiger partial charge < -0.3 is 4.98 Å². The number of hydrogen-bond acceptors (Lipinski definition) is 2. The lowest BCUT2D eigenvalue weighted by Gasteiger charge is -2.03. The molecule has 1 aromatic heterocycles. The van der Waals surface area contributed by atoms with Gasteiger partial charge in [-0.25, -0.2) is 4.98 Å². The van der Waals surface area contributed by atoms with Crippen LogP contribution in [0.2, 0.25) is 19.6 Å². The van der Waals surface area contributed by atoms with Crippen molar-refractivity contribution in [1.29, 1.82) is 0 Å². The molecule has 0 spiro atoms. The maximum atomic E-state index is 11.5. The average Bonchev–Trinajstić information content (AvgIpc) is 2.26. The number of benzene rings is 1. The van der Waals surface area contributed by atoms with E-state index in [0.29, 0.717) is 10.9 Å². The molecular weight excluding hydrogens is 228 g/mol. The highest BCUT2D eigenvalue weighted by atomic mass is 28.3. The van der Waals surface area contributed by atoms with Gasteiger partial charge in [0.25, 0.3) is 5.56 Å². The Bertz CT molecular complexity index is 671. The number of aromatic nitrogens is 2. The van der Waals surface area contributed by atoms with Gasteiger partial charge in [-0.3, -0.25) is 4.79 Å². The second kappa shape index (κ2) is 4.19. The van der Waals surface area contributed by atoms with E-state index in [0.717, 1.165) is 5.56 Å². The SMILES string of the molecule is C[Si](C)(C)C#Cc1ccc2c(=O)[nH]cnc2c1. The first-order valence-corrected chi connectivity index (χ1v) is 8.96. The highest BCUT2D eigenvalue weighted by Gasteiger charge is 2.07. The average molecular weight is 242 g/mol. The summed E-state index contributed by atoms with van der Waals surface area (Å²) < 4.78 is 0. The zero-order valence-electron chi connectivity index (χ0n) is 10.2. The third-order valence-electron chi connectivity index (χ3n) is 2.22. The second-order valence-corrected chi connectivity index (χ2v) is 9.71. The summed E-state index contributed by atoms with van der Waals surface area (Å²) in [5, 5.41) is 0.603. The molecule has 86 valence electrons. The minimum absolute atomic E-state index is 0.111. The first-order valence-electron chi connectivity index (χ1n) is 5.46. The van der Waals surface area contributed by atoms with E-state index in [-0.39, 0.29) is 5.56 Å². The number of nitrogens with one attached hydrogen (secondary N) is 1. The third kappa shape index (κ3) is 2.83. The summed E-state index contributed by atoms with van der Waals surface area (Å²) in [6.45, 7) is 6.60. The molecule has 0 unspecified atom stereocenters. The van der Waals surface area contributed by atoms with Crippen molar-refractivity contribution >= 4 is 19.0 Å². The molecule has 0 bridgehead atoms. The van der Waals surface area contributed by atoms with E-state index in [1.165, 1.54) is 6.33 Å². The Morgan fingerprint density at radius 1 is 1.29 bits per heavy atom. The minimum atomic E-state index is -1.37. The molecule has 0 saturated heterocycles. The second-order valence-electron chi connectivity index (χ2n) is 4.96. The predicted octanol–water partition coefficient (Wildman–Crippen LogP) is 2.15. The molecule has 3 nitrogen and oxygen atoms in total. The van der Waals surface area contributed by atoms with Gasteiger partial charge >= 0.3 is 0 Å². The molecule has 17 heavy (non-hydrogen) atoms. The van der Waals surface area contributed by atoms with Crippen molar-refractivity contribution in [2.24, 2.45) is 0 Å². The molecule has 0 saturated carbocycles. The number of nitrogens with zero attached hydrogens (tertiary/aromatic N) is 1. The molecule has 1 heterocycles. The van der Waals surface area contributed by atoms with E-state index < -0.39 is 8.07 Å². The Morgan fingerprint density at radius 2 is 2.06 bits per heavy atom. The molecule has 1 aromatic carbocycles. The number of rotatable bonds is 0. The molecule has 0 amide bonds. The van der Waals surface area contributed by atoms with Gasteiger partial charge in [0, 0.05) is 5.56 Å². The molecule has 0 radical (unpaired) electrons. The Labute approximate surface area is 101 Å². The molecule has 0 aliphatic rings. The van der Waals surface area contributed by atoms with Gasteiger partial charge in [0.05, 0.1) is 17.2 Å². The van der Waals surface area contributed by atoms with Crippen LogP contribution in [0, 0.1) is 11.5 Å². The van der Waals surface area contributed by atoms with Crippen molar-refractivity contribution in [2.75, 3.05) is 0 Å². The van der Waals surface area contributed by atoms with Gasteiger partial charge in [-0.1, -0.05) is 25.6 Å². The molecule has 0 aliphatic carbocycles.